The van der Waals surface area contributed by atoms with Crippen molar-refractivity contribution in [3.63, 3.8) is 0 Å². The summed E-state index contributed by atoms with van der Waals surface area (Å²) in [6.07, 6.45) is 5.33. The lowest BCUT2D eigenvalue weighted by atomic mass is 9.93. The summed E-state index contributed by atoms with van der Waals surface area (Å²) in [5, 5.41) is 12.3. The van der Waals surface area contributed by atoms with Crippen LogP contribution in [0.5, 0.6) is 0 Å². The fourth-order valence-corrected chi connectivity index (χ4v) is 4.21. The Bertz CT molecular complexity index is 644. The van der Waals surface area contributed by atoms with E-state index in [1.54, 1.807) is 22.7 Å². The zero-order chi connectivity index (χ0) is 13.2. The molecule has 2 nitrogen and oxygen atoms in total. The van der Waals surface area contributed by atoms with Gasteiger partial charge in [0, 0.05) is 9.75 Å². The molecule has 0 spiro atoms. The number of thiazole rings is 1. The molecule has 19 heavy (non-hydrogen) atoms. The highest BCUT2D eigenvalue weighted by molar-refractivity contribution is 7.13. The molecule has 2 aromatic rings. The van der Waals surface area contributed by atoms with Gasteiger partial charge in [0.15, 0.2) is 0 Å². The molecule has 0 bridgehead atoms. The van der Waals surface area contributed by atoms with E-state index in [1.165, 1.54) is 17.0 Å². The SMILES string of the molecule is CC1CCc2nc(/C(C#N)=C/c3cccs3)sc2C1. The van der Waals surface area contributed by atoms with E-state index in [0.29, 0.717) is 5.57 Å². The normalized spacial score (nSPS) is 18.9. The van der Waals surface area contributed by atoms with E-state index < -0.39 is 0 Å². The van der Waals surface area contributed by atoms with Crippen molar-refractivity contribution in [3.8, 4) is 6.07 Å². The Morgan fingerprint density at radius 2 is 2.47 bits per heavy atom. The predicted octanol–water partition coefficient (Wildman–Crippen LogP) is 4.39. The Morgan fingerprint density at radius 3 is 3.21 bits per heavy atom. The number of allylic oxidation sites excluding steroid dienone is 1. The van der Waals surface area contributed by atoms with Crippen LogP contribution < -0.4 is 0 Å². The number of nitriles is 1. The summed E-state index contributed by atoms with van der Waals surface area (Å²) in [5.74, 6) is 0.743. The highest BCUT2D eigenvalue weighted by atomic mass is 32.1. The summed E-state index contributed by atoms with van der Waals surface area (Å²) in [7, 11) is 0. The maximum absolute atomic E-state index is 9.34. The van der Waals surface area contributed by atoms with Gasteiger partial charge in [-0.25, -0.2) is 4.98 Å². The Balaban J connectivity index is 1.95. The van der Waals surface area contributed by atoms with Crippen LogP contribution in [0.25, 0.3) is 11.6 Å². The summed E-state index contributed by atoms with van der Waals surface area (Å²) in [4.78, 5) is 7.15. The average Bonchev–Trinajstić information content (AvgIpc) is 3.03. The molecule has 0 saturated carbocycles. The summed E-state index contributed by atoms with van der Waals surface area (Å²) in [5.41, 5.74) is 1.90. The van der Waals surface area contributed by atoms with Gasteiger partial charge in [0.2, 0.25) is 0 Å². The fraction of sp³-hybridized carbons (Fsp3) is 0.333. The number of nitrogens with zero attached hydrogens (tertiary/aromatic N) is 2. The first-order valence-electron chi connectivity index (χ1n) is 6.40. The van der Waals surface area contributed by atoms with E-state index in [-0.39, 0.29) is 0 Å². The van der Waals surface area contributed by atoms with Gasteiger partial charge in [0.25, 0.3) is 0 Å². The van der Waals surface area contributed by atoms with Crippen LogP contribution in [0, 0.1) is 17.2 Å². The molecule has 0 amide bonds. The Kier molecular flexibility index (Phi) is 3.50. The maximum atomic E-state index is 9.34. The number of fused-ring (bicyclic) bond motifs is 1. The molecule has 1 unspecified atom stereocenters. The van der Waals surface area contributed by atoms with Crippen molar-refractivity contribution in [3.05, 3.63) is 38.0 Å². The quantitative estimate of drug-likeness (QED) is 0.767. The van der Waals surface area contributed by atoms with Gasteiger partial charge < -0.3 is 0 Å². The van der Waals surface area contributed by atoms with Crippen LogP contribution in [0.15, 0.2) is 17.5 Å². The lowest BCUT2D eigenvalue weighted by molar-refractivity contribution is 0.502. The van der Waals surface area contributed by atoms with Crippen molar-refractivity contribution in [1.82, 2.24) is 4.98 Å². The third-order valence-corrected chi connectivity index (χ3v) is 5.34. The van der Waals surface area contributed by atoms with Crippen LogP contribution in [-0.4, -0.2) is 4.98 Å². The van der Waals surface area contributed by atoms with Gasteiger partial charge in [-0.15, -0.1) is 22.7 Å². The van der Waals surface area contributed by atoms with Crippen molar-refractivity contribution >= 4 is 34.3 Å². The van der Waals surface area contributed by atoms with Crippen molar-refractivity contribution in [2.45, 2.75) is 26.2 Å². The third-order valence-electron chi connectivity index (χ3n) is 3.37. The van der Waals surface area contributed by atoms with Crippen LogP contribution in [0.3, 0.4) is 0 Å². The van der Waals surface area contributed by atoms with E-state index in [0.717, 1.165) is 28.6 Å². The number of thiophene rings is 1. The van der Waals surface area contributed by atoms with Crippen LogP contribution in [0.1, 0.15) is 33.8 Å². The molecule has 1 aliphatic carbocycles. The summed E-state index contributed by atoms with van der Waals surface area (Å²) in [6, 6.07) is 6.32. The second-order valence-corrected chi connectivity index (χ2v) is 6.98. The van der Waals surface area contributed by atoms with Crippen LogP contribution in [0.2, 0.25) is 0 Å². The first-order chi connectivity index (χ1) is 9.26. The second kappa shape index (κ2) is 5.28. The van der Waals surface area contributed by atoms with Crippen molar-refractivity contribution < 1.29 is 0 Å². The summed E-state index contributed by atoms with van der Waals surface area (Å²) in [6.45, 7) is 2.29. The molecule has 3 rings (SSSR count). The molecule has 0 radical (unpaired) electrons. The highest BCUT2D eigenvalue weighted by Gasteiger charge is 2.20. The zero-order valence-corrected chi connectivity index (χ0v) is 12.4. The molecule has 4 heteroatoms. The van der Waals surface area contributed by atoms with Gasteiger partial charge in [-0.05, 0) is 42.7 Å². The maximum Gasteiger partial charge on any atom is 0.134 e. The van der Waals surface area contributed by atoms with Crippen LogP contribution in [-0.2, 0) is 12.8 Å². The van der Waals surface area contributed by atoms with Crippen molar-refractivity contribution in [2.75, 3.05) is 0 Å². The van der Waals surface area contributed by atoms with Crippen LogP contribution in [0.4, 0.5) is 0 Å². The lowest BCUT2D eigenvalue weighted by Gasteiger charge is -2.15. The number of rotatable bonds is 2. The molecule has 0 aromatic carbocycles. The van der Waals surface area contributed by atoms with E-state index in [9.17, 15) is 5.26 Å². The molecule has 0 fully saturated rings. The first-order valence-corrected chi connectivity index (χ1v) is 8.10. The van der Waals surface area contributed by atoms with Gasteiger partial charge >= 0.3 is 0 Å². The molecule has 2 aromatic heterocycles. The van der Waals surface area contributed by atoms with E-state index in [2.05, 4.69) is 18.0 Å². The molecule has 1 aliphatic rings. The van der Waals surface area contributed by atoms with E-state index in [1.807, 2.05) is 23.6 Å². The monoisotopic (exact) mass is 286 g/mol. The fourth-order valence-electron chi connectivity index (χ4n) is 2.31. The Morgan fingerprint density at radius 1 is 1.58 bits per heavy atom. The molecule has 2 heterocycles. The summed E-state index contributed by atoms with van der Waals surface area (Å²) >= 11 is 3.34. The summed E-state index contributed by atoms with van der Waals surface area (Å²) < 4.78 is 0. The smallest absolute Gasteiger partial charge is 0.134 e. The van der Waals surface area contributed by atoms with Gasteiger partial charge in [-0.3, -0.25) is 0 Å². The molecule has 0 saturated heterocycles. The molecule has 0 aliphatic heterocycles. The van der Waals surface area contributed by atoms with Crippen molar-refractivity contribution in [1.29, 1.82) is 5.26 Å². The minimum Gasteiger partial charge on any atom is -0.240 e. The number of hydrogen-bond donors (Lipinski definition) is 0. The number of aryl methyl sites for hydroxylation is 1. The molecular formula is C15H14N2S2. The van der Waals surface area contributed by atoms with E-state index >= 15 is 0 Å². The minimum atomic E-state index is 0.689. The average molecular weight is 286 g/mol. The van der Waals surface area contributed by atoms with Gasteiger partial charge in [-0.1, -0.05) is 13.0 Å². The third kappa shape index (κ3) is 2.63. The topological polar surface area (TPSA) is 36.7 Å². The first kappa shape index (κ1) is 12.6. The zero-order valence-electron chi connectivity index (χ0n) is 10.7. The molecular weight excluding hydrogens is 272 g/mol. The minimum absolute atomic E-state index is 0.689. The Labute approximate surface area is 121 Å². The largest absolute Gasteiger partial charge is 0.240 e. The molecule has 1 atom stereocenters. The lowest BCUT2D eigenvalue weighted by Crippen LogP contribution is -2.09. The predicted molar refractivity (Wildman–Crippen MR) is 81.1 cm³/mol. The standard InChI is InChI=1S/C15H14N2S2/c1-10-4-5-13-14(7-10)19-15(17-13)11(9-16)8-12-3-2-6-18-12/h2-3,6,8,10H,4-5,7H2,1H3/b11-8+. The van der Waals surface area contributed by atoms with Gasteiger partial charge in [0.1, 0.15) is 11.1 Å². The Hall–Kier alpha value is -1.44. The van der Waals surface area contributed by atoms with Crippen LogP contribution >= 0.6 is 22.7 Å². The second-order valence-electron chi connectivity index (χ2n) is 4.92. The molecule has 96 valence electrons. The van der Waals surface area contributed by atoms with E-state index in [4.69, 9.17) is 0 Å². The van der Waals surface area contributed by atoms with Gasteiger partial charge in [-0.2, -0.15) is 5.26 Å². The number of hydrogen-bond acceptors (Lipinski definition) is 4. The molecule has 0 N–H and O–H groups in total. The number of aromatic nitrogens is 1. The van der Waals surface area contributed by atoms with Crippen molar-refractivity contribution in [2.24, 2.45) is 5.92 Å². The van der Waals surface area contributed by atoms with Gasteiger partial charge in [0.05, 0.1) is 11.3 Å². The highest BCUT2D eigenvalue weighted by Crippen LogP contribution is 2.33.